The van der Waals surface area contributed by atoms with Crippen molar-refractivity contribution in [2.45, 2.75) is 32.2 Å². The highest BCUT2D eigenvalue weighted by atomic mass is 16.2. The lowest BCUT2D eigenvalue weighted by Crippen LogP contribution is -2.49. The number of hydrogen-bond donors (Lipinski definition) is 0. The number of piperazine rings is 1. The maximum absolute atomic E-state index is 13.1. The van der Waals surface area contributed by atoms with E-state index in [0.717, 1.165) is 51.1 Å². The minimum absolute atomic E-state index is 0.00636. The van der Waals surface area contributed by atoms with Crippen molar-refractivity contribution >= 4 is 5.91 Å². The molecule has 0 bridgehead atoms. The molecule has 1 atom stereocenters. The molecule has 1 aliphatic heterocycles. The lowest BCUT2D eigenvalue weighted by molar-refractivity contribution is -0.134. The van der Waals surface area contributed by atoms with Crippen LogP contribution in [-0.4, -0.2) is 41.9 Å². The number of amides is 1. The van der Waals surface area contributed by atoms with Crippen molar-refractivity contribution in [1.29, 1.82) is 0 Å². The molecule has 2 aromatic carbocycles. The molecule has 1 heterocycles. The van der Waals surface area contributed by atoms with E-state index in [1.54, 1.807) is 0 Å². The molecule has 1 unspecified atom stereocenters. The molecule has 0 aliphatic carbocycles. The fourth-order valence-electron chi connectivity index (χ4n) is 3.60. The zero-order chi connectivity index (χ0) is 17.5. The Balaban J connectivity index is 1.58. The predicted octanol–water partition coefficient (Wildman–Crippen LogP) is 3.91. The summed E-state index contributed by atoms with van der Waals surface area (Å²) in [6.07, 6.45) is 1.95. The molecule has 1 fully saturated rings. The maximum atomic E-state index is 13.1. The van der Waals surface area contributed by atoms with Crippen molar-refractivity contribution in [3.63, 3.8) is 0 Å². The second-order valence-corrected chi connectivity index (χ2v) is 6.84. The van der Waals surface area contributed by atoms with E-state index < -0.39 is 0 Å². The molecule has 0 radical (unpaired) electrons. The molecule has 1 amide bonds. The number of benzene rings is 2. The van der Waals surface area contributed by atoms with Gasteiger partial charge in [-0.05, 0) is 17.5 Å². The van der Waals surface area contributed by atoms with Crippen LogP contribution in [0.15, 0.2) is 60.7 Å². The average Bonchev–Trinajstić information content (AvgIpc) is 2.68. The first kappa shape index (κ1) is 17.7. The number of carbonyl (C=O) groups excluding carboxylic acids is 1. The Morgan fingerprint density at radius 1 is 0.920 bits per heavy atom. The third-order valence-corrected chi connectivity index (χ3v) is 5.01. The van der Waals surface area contributed by atoms with Gasteiger partial charge in [-0.1, -0.05) is 74.0 Å². The van der Waals surface area contributed by atoms with E-state index in [-0.39, 0.29) is 5.92 Å². The molecule has 1 saturated heterocycles. The van der Waals surface area contributed by atoms with E-state index in [9.17, 15) is 4.79 Å². The summed E-state index contributed by atoms with van der Waals surface area (Å²) >= 11 is 0. The fraction of sp³-hybridized carbons (Fsp3) is 0.409. The Morgan fingerprint density at radius 2 is 1.52 bits per heavy atom. The van der Waals surface area contributed by atoms with Crippen LogP contribution in [0.25, 0.3) is 0 Å². The highest BCUT2D eigenvalue weighted by Gasteiger charge is 2.27. The molecule has 25 heavy (non-hydrogen) atoms. The predicted molar refractivity (Wildman–Crippen MR) is 102 cm³/mol. The smallest absolute Gasteiger partial charge is 0.230 e. The average molecular weight is 336 g/mol. The Labute approximate surface area is 151 Å². The highest BCUT2D eigenvalue weighted by molar-refractivity contribution is 5.83. The topological polar surface area (TPSA) is 23.6 Å². The van der Waals surface area contributed by atoms with Crippen LogP contribution >= 0.6 is 0 Å². The molecule has 3 nitrogen and oxygen atoms in total. The van der Waals surface area contributed by atoms with E-state index in [1.807, 2.05) is 18.2 Å². The Bertz CT molecular complexity index is 648. The minimum atomic E-state index is 0.00636. The van der Waals surface area contributed by atoms with Gasteiger partial charge in [0.15, 0.2) is 0 Å². The molecule has 0 spiro atoms. The van der Waals surface area contributed by atoms with Crippen molar-refractivity contribution in [3.05, 3.63) is 71.8 Å². The molecule has 132 valence electrons. The van der Waals surface area contributed by atoms with Gasteiger partial charge >= 0.3 is 0 Å². The first-order valence-electron chi connectivity index (χ1n) is 9.38. The minimum Gasteiger partial charge on any atom is -0.340 e. The molecule has 3 rings (SSSR count). The molecule has 0 aromatic heterocycles. The lowest BCUT2D eigenvalue weighted by Gasteiger charge is -2.36. The number of rotatable bonds is 6. The summed E-state index contributed by atoms with van der Waals surface area (Å²) in [5.41, 5.74) is 2.50. The summed E-state index contributed by atoms with van der Waals surface area (Å²) in [6.45, 7) is 6.70. The van der Waals surface area contributed by atoms with E-state index in [1.165, 1.54) is 5.56 Å². The van der Waals surface area contributed by atoms with Gasteiger partial charge in [0.2, 0.25) is 5.91 Å². The van der Waals surface area contributed by atoms with Gasteiger partial charge in [-0.25, -0.2) is 0 Å². The Morgan fingerprint density at radius 3 is 2.12 bits per heavy atom. The van der Waals surface area contributed by atoms with E-state index in [4.69, 9.17) is 0 Å². The van der Waals surface area contributed by atoms with Crippen LogP contribution in [0.2, 0.25) is 0 Å². The zero-order valence-electron chi connectivity index (χ0n) is 15.1. The van der Waals surface area contributed by atoms with Gasteiger partial charge in [-0.15, -0.1) is 0 Å². The molecule has 0 N–H and O–H groups in total. The second-order valence-electron chi connectivity index (χ2n) is 6.84. The Hall–Kier alpha value is -2.13. The summed E-state index contributed by atoms with van der Waals surface area (Å²) < 4.78 is 0. The van der Waals surface area contributed by atoms with Crippen LogP contribution in [0.1, 0.15) is 36.8 Å². The Kier molecular flexibility index (Phi) is 6.24. The van der Waals surface area contributed by atoms with Crippen LogP contribution < -0.4 is 0 Å². The quantitative estimate of drug-likeness (QED) is 0.798. The number of nitrogens with zero attached hydrogens (tertiary/aromatic N) is 2. The highest BCUT2D eigenvalue weighted by Crippen LogP contribution is 2.24. The summed E-state index contributed by atoms with van der Waals surface area (Å²) in [5.74, 6) is 0.305. The van der Waals surface area contributed by atoms with Crippen LogP contribution in [0.4, 0.5) is 0 Å². The van der Waals surface area contributed by atoms with Crippen molar-refractivity contribution in [1.82, 2.24) is 9.80 Å². The van der Waals surface area contributed by atoms with Crippen LogP contribution in [0.5, 0.6) is 0 Å². The fourth-order valence-corrected chi connectivity index (χ4v) is 3.60. The van der Waals surface area contributed by atoms with Gasteiger partial charge in [-0.2, -0.15) is 0 Å². The maximum Gasteiger partial charge on any atom is 0.230 e. The third kappa shape index (κ3) is 4.70. The van der Waals surface area contributed by atoms with Crippen LogP contribution in [0, 0.1) is 0 Å². The van der Waals surface area contributed by atoms with E-state index >= 15 is 0 Å². The summed E-state index contributed by atoms with van der Waals surface area (Å²) in [6, 6.07) is 20.8. The molecule has 1 aliphatic rings. The van der Waals surface area contributed by atoms with Crippen molar-refractivity contribution < 1.29 is 4.79 Å². The standard InChI is InChI=1S/C22H28N2O/c1-2-9-21(20-12-7-4-8-13-20)22(25)24-16-14-23(15-17-24)18-19-10-5-3-6-11-19/h3-8,10-13,21H,2,9,14-18H2,1H3. The lowest BCUT2D eigenvalue weighted by atomic mass is 9.93. The van der Waals surface area contributed by atoms with Crippen molar-refractivity contribution in [3.8, 4) is 0 Å². The second kappa shape index (κ2) is 8.82. The molecular formula is C22H28N2O. The SMILES string of the molecule is CCCC(C(=O)N1CCN(Cc2ccccc2)CC1)c1ccccc1. The van der Waals surface area contributed by atoms with E-state index in [0.29, 0.717) is 5.91 Å². The van der Waals surface area contributed by atoms with Crippen LogP contribution in [-0.2, 0) is 11.3 Å². The first-order chi connectivity index (χ1) is 12.3. The molecular weight excluding hydrogens is 308 g/mol. The van der Waals surface area contributed by atoms with Gasteiger partial charge in [0.05, 0.1) is 5.92 Å². The van der Waals surface area contributed by atoms with E-state index in [2.05, 4.69) is 59.2 Å². The third-order valence-electron chi connectivity index (χ3n) is 5.01. The van der Waals surface area contributed by atoms with Crippen molar-refractivity contribution in [2.24, 2.45) is 0 Å². The zero-order valence-corrected chi connectivity index (χ0v) is 15.1. The normalized spacial score (nSPS) is 16.6. The monoisotopic (exact) mass is 336 g/mol. The summed E-state index contributed by atoms with van der Waals surface area (Å²) in [5, 5.41) is 0. The first-order valence-corrected chi connectivity index (χ1v) is 9.38. The van der Waals surface area contributed by atoms with Gasteiger partial charge in [0.1, 0.15) is 0 Å². The number of hydrogen-bond acceptors (Lipinski definition) is 2. The summed E-state index contributed by atoms with van der Waals surface area (Å²) in [7, 11) is 0. The number of carbonyl (C=O) groups is 1. The van der Waals surface area contributed by atoms with Crippen molar-refractivity contribution in [2.75, 3.05) is 26.2 Å². The van der Waals surface area contributed by atoms with Gasteiger partial charge in [-0.3, -0.25) is 9.69 Å². The van der Waals surface area contributed by atoms with Gasteiger partial charge in [0, 0.05) is 32.7 Å². The van der Waals surface area contributed by atoms with Gasteiger partial charge in [0.25, 0.3) is 0 Å². The molecule has 2 aromatic rings. The van der Waals surface area contributed by atoms with Gasteiger partial charge < -0.3 is 4.90 Å². The summed E-state index contributed by atoms with van der Waals surface area (Å²) in [4.78, 5) is 17.6. The molecule has 3 heteroatoms. The van der Waals surface area contributed by atoms with Crippen LogP contribution in [0.3, 0.4) is 0 Å². The molecule has 0 saturated carbocycles. The largest absolute Gasteiger partial charge is 0.340 e.